The summed E-state index contributed by atoms with van der Waals surface area (Å²) in [7, 11) is 0. The van der Waals surface area contributed by atoms with Gasteiger partial charge in [-0.15, -0.1) is 0 Å². The Morgan fingerprint density at radius 1 is 0.897 bits per heavy atom. The van der Waals surface area contributed by atoms with Gasteiger partial charge in [0.1, 0.15) is 17.2 Å². The van der Waals surface area contributed by atoms with Crippen molar-refractivity contribution in [1.82, 2.24) is 9.97 Å². The van der Waals surface area contributed by atoms with Gasteiger partial charge >= 0.3 is 5.97 Å². The van der Waals surface area contributed by atoms with Crippen LogP contribution in [0.3, 0.4) is 0 Å². The van der Waals surface area contributed by atoms with E-state index in [9.17, 15) is 9.59 Å². The molecular formula is C22H15N3O4. The highest BCUT2D eigenvalue weighted by molar-refractivity contribution is 6.05. The summed E-state index contributed by atoms with van der Waals surface area (Å²) in [5, 5.41) is 12.6. The number of benzene rings is 2. The third kappa shape index (κ3) is 4.03. The number of para-hydroxylation sites is 1. The predicted octanol–water partition coefficient (Wildman–Crippen LogP) is 4.37. The van der Waals surface area contributed by atoms with Crippen LogP contribution < -0.4 is 10.1 Å². The van der Waals surface area contributed by atoms with Crippen molar-refractivity contribution in [2.24, 2.45) is 0 Å². The summed E-state index contributed by atoms with van der Waals surface area (Å²) >= 11 is 0. The van der Waals surface area contributed by atoms with E-state index in [0.717, 1.165) is 10.9 Å². The molecule has 0 atom stereocenters. The number of nitrogens with zero attached hydrogens (tertiary/aromatic N) is 2. The zero-order valence-electron chi connectivity index (χ0n) is 15.1. The van der Waals surface area contributed by atoms with Gasteiger partial charge in [0.2, 0.25) is 0 Å². The number of aromatic carboxylic acids is 1. The van der Waals surface area contributed by atoms with Crippen LogP contribution in [0.1, 0.15) is 20.8 Å². The third-order valence-electron chi connectivity index (χ3n) is 4.19. The molecular weight excluding hydrogens is 370 g/mol. The van der Waals surface area contributed by atoms with Crippen molar-refractivity contribution in [3.05, 3.63) is 90.4 Å². The molecule has 0 saturated carbocycles. The average Bonchev–Trinajstić information content (AvgIpc) is 2.75. The average molecular weight is 385 g/mol. The number of fused-ring (bicyclic) bond motifs is 1. The SMILES string of the molecule is O=C(Nc1ccc(Oc2ccnc3ccccc23)cc1)c1ccnc(C(=O)O)c1. The van der Waals surface area contributed by atoms with Crippen molar-refractivity contribution >= 4 is 28.5 Å². The van der Waals surface area contributed by atoms with Crippen LogP contribution in [0, 0.1) is 0 Å². The molecule has 0 radical (unpaired) electrons. The highest BCUT2D eigenvalue weighted by atomic mass is 16.5. The fourth-order valence-corrected chi connectivity index (χ4v) is 2.78. The molecule has 0 spiro atoms. The van der Waals surface area contributed by atoms with Gasteiger partial charge in [-0.3, -0.25) is 9.78 Å². The van der Waals surface area contributed by atoms with Crippen molar-refractivity contribution in [3.63, 3.8) is 0 Å². The van der Waals surface area contributed by atoms with Crippen LogP contribution in [0.4, 0.5) is 5.69 Å². The van der Waals surface area contributed by atoms with Crippen LogP contribution in [-0.2, 0) is 0 Å². The van der Waals surface area contributed by atoms with Gasteiger partial charge in [-0.1, -0.05) is 12.1 Å². The smallest absolute Gasteiger partial charge is 0.354 e. The lowest BCUT2D eigenvalue weighted by atomic mass is 10.2. The second-order valence-electron chi connectivity index (χ2n) is 6.14. The summed E-state index contributed by atoms with van der Waals surface area (Å²) < 4.78 is 5.95. The largest absolute Gasteiger partial charge is 0.477 e. The highest BCUT2D eigenvalue weighted by Gasteiger charge is 2.11. The van der Waals surface area contributed by atoms with Gasteiger partial charge in [-0.25, -0.2) is 9.78 Å². The second kappa shape index (κ2) is 7.77. The molecule has 142 valence electrons. The van der Waals surface area contributed by atoms with Crippen LogP contribution in [0.5, 0.6) is 11.5 Å². The monoisotopic (exact) mass is 385 g/mol. The van der Waals surface area contributed by atoms with Crippen molar-refractivity contribution < 1.29 is 19.4 Å². The molecule has 0 aliphatic heterocycles. The first-order chi connectivity index (χ1) is 14.1. The standard InChI is InChI=1S/C22H15N3O4/c26-21(14-9-11-24-19(13-14)22(27)28)25-15-5-7-16(8-6-15)29-20-10-12-23-18-4-2-1-3-17(18)20/h1-13H,(H,25,26)(H,27,28). The van der Waals surface area contributed by atoms with E-state index in [1.54, 1.807) is 36.5 Å². The van der Waals surface area contributed by atoms with E-state index in [1.807, 2.05) is 24.3 Å². The number of carbonyl (C=O) groups is 2. The van der Waals surface area contributed by atoms with Gasteiger partial charge in [0.25, 0.3) is 5.91 Å². The number of rotatable bonds is 5. The molecule has 2 aromatic heterocycles. The van der Waals surface area contributed by atoms with E-state index in [4.69, 9.17) is 9.84 Å². The van der Waals surface area contributed by atoms with E-state index < -0.39 is 11.9 Å². The van der Waals surface area contributed by atoms with E-state index in [2.05, 4.69) is 15.3 Å². The number of hydrogen-bond donors (Lipinski definition) is 2. The Hall–Kier alpha value is -4.26. The summed E-state index contributed by atoms with van der Waals surface area (Å²) in [5.74, 6) is -0.324. The molecule has 0 fully saturated rings. The van der Waals surface area contributed by atoms with Crippen molar-refractivity contribution in [1.29, 1.82) is 0 Å². The van der Waals surface area contributed by atoms with Crippen LogP contribution in [0.15, 0.2) is 79.1 Å². The number of aromatic nitrogens is 2. The summed E-state index contributed by atoms with van der Waals surface area (Å²) in [6.45, 7) is 0. The molecule has 1 amide bonds. The molecule has 2 aromatic carbocycles. The van der Waals surface area contributed by atoms with Crippen LogP contribution >= 0.6 is 0 Å². The van der Waals surface area contributed by atoms with Crippen LogP contribution in [0.2, 0.25) is 0 Å². The van der Waals surface area contributed by atoms with E-state index in [1.165, 1.54) is 18.3 Å². The fourth-order valence-electron chi connectivity index (χ4n) is 2.78. The lowest BCUT2D eigenvalue weighted by molar-refractivity contribution is 0.0690. The summed E-state index contributed by atoms with van der Waals surface area (Å²) in [6, 6.07) is 19.0. The number of nitrogens with one attached hydrogen (secondary N) is 1. The van der Waals surface area contributed by atoms with Crippen LogP contribution in [0.25, 0.3) is 10.9 Å². The van der Waals surface area contributed by atoms with Crippen LogP contribution in [-0.4, -0.2) is 27.0 Å². The number of amides is 1. The number of hydrogen-bond acceptors (Lipinski definition) is 5. The van der Waals surface area contributed by atoms with Gasteiger partial charge in [0.15, 0.2) is 0 Å². The molecule has 2 N–H and O–H groups in total. The minimum absolute atomic E-state index is 0.189. The van der Waals surface area contributed by atoms with Gasteiger partial charge in [0, 0.05) is 29.0 Å². The molecule has 2 heterocycles. The minimum Gasteiger partial charge on any atom is -0.477 e. The Balaban J connectivity index is 1.49. The van der Waals surface area contributed by atoms with Crippen molar-refractivity contribution in [2.75, 3.05) is 5.32 Å². The first-order valence-electron chi connectivity index (χ1n) is 8.72. The van der Waals surface area contributed by atoms with Gasteiger partial charge in [0.05, 0.1) is 5.52 Å². The Morgan fingerprint density at radius 3 is 2.45 bits per heavy atom. The molecule has 0 aliphatic rings. The quantitative estimate of drug-likeness (QED) is 0.529. The van der Waals surface area contributed by atoms with Gasteiger partial charge in [-0.05, 0) is 54.6 Å². The molecule has 7 nitrogen and oxygen atoms in total. The maximum atomic E-state index is 12.3. The lowest BCUT2D eigenvalue weighted by Crippen LogP contribution is -2.13. The lowest BCUT2D eigenvalue weighted by Gasteiger charge is -2.10. The summed E-state index contributed by atoms with van der Waals surface area (Å²) in [4.78, 5) is 31.3. The molecule has 0 unspecified atom stereocenters. The molecule has 0 bridgehead atoms. The number of carboxylic acid groups (broad SMARTS) is 1. The van der Waals surface area contributed by atoms with Crippen molar-refractivity contribution in [3.8, 4) is 11.5 Å². The zero-order chi connectivity index (χ0) is 20.2. The first kappa shape index (κ1) is 18.1. The predicted molar refractivity (Wildman–Crippen MR) is 107 cm³/mol. The number of carboxylic acids is 1. The maximum Gasteiger partial charge on any atom is 0.354 e. The highest BCUT2D eigenvalue weighted by Crippen LogP contribution is 2.29. The normalized spacial score (nSPS) is 10.5. The van der Waals surface area contributed by atoms with E-state index in [-0.39, 0.29) is 11.3 Å². The number of anilines is 1. The second-order valence-corrected chi connectivity index (χ2v) is 6.14. The molecule has 0 aliphatic carbocycles. The van der Waals surface area contributed by atoms with Gasteiger partial charge < -0.3 is 15.2 Å². The summed E-state index contributed by atoms with van der Waals surface area (Å²) in [5.41, 5.74) is 1.41. The van der Waals surface area contributed by atoms with E-state index >= 15 is 0 Å². The Labute approximate surface area is 165 Å². The molecule has 7 heteroatoms. The Bertz CT molecular complexity index is 1200. The Kier molecular flexibility index (Phi) is 4.86. The number of ether oxygens (including phenoxy) is 1. The molecule has 29 heavy (non-hydrogen) atoms. The topological polar surface area (TPSA) is 101 Å². The maximum absolute atomic E-state index is 12.3. The molecule has 0 saturated heterocycles. The van der Waals surface area contributed by atoms with Crippen molar-refractivity contribution in [2.45, 2.75) is 0 Å². The fraction of sp³-hybridized carbons (Fsp3) is 0. The van der Waals surface area contributed by atoms with E-state index in [0.29, 0.717) is 17.2 Å². The molecule has 4 rings (SSSR count). The third-order valence-corrected chi connectivity index (χ3v) is 4.19. The molecule has 4 aromatic rings. The number of pyridine rings is 2. The Morgan fingerprint density at radius 2 is 1.66 bits per heavy atom. The zero-order valence-corrected chi connectivity index (χ0v) is 15.1. The summed E-state index contributed by atoms with van der Waals surface area (Å²) in [6.07, 6.45) is 2.97. The first-order valence-corrected chi connectivity index (χ1v) is 8.72. The number of carbonyl (C=O) groups excluding carboxylic acids is 1. The van der Waals surface area contributed by atoms with Gasteiger partial charge in [-0.2, -0.15) is 0 Å². The minimum atomic E-state index is -1.19.